The average Bonchev–Trinajstić information content (AvgIpc) is 2.61. The van der Waals surface area contributed by atoms with Gasteiger partial charge in [0.1, 0.15) is 17.8 Å². The Morgan fingerprint density at radius 1 is 1.29 bits per heavy atom. The molecule has 5 N–H and O–H groups in total. The number of ether oxygens (including phenoxy) is 2. The number of nitrogens with one attached hydrogen (secondary N) is 1. The van der Waals surface area contributed by atoms with Gasteiger partial charge >= 0.3 is 0 Å². The van der Waals surface area contributed by atoms with E-state index in [0.717, 1.165) is 40.8 Å². The van der Waals surface area contributed by atoms with Crippen LogP contribution in [0.5, 0.6) is 11.5 Å². The molecule has 1 unspecified atom stereocenters. The van der Waals surface area contributed by atoms with Gasteiger partial charge in [-0.25, -0.2) is 5.84 Å². The number of nitrogens with zero attached hydrogens (tertiary/aromatic N) is 2. The van der Waals surface area contributed by atoms with Crippen LogP contribution in [0, 0.1) is 0 Å². The lowest BCUT2D eigenvalue weighted by atomic mass is 9.97. The van der Waals surface area contributed by atoms with Gasteiger partial charge in [-0.1, -0.05) is 12.1 Å². The maximum Gasteiger partial charge on any atom is 0.126 e. The van der Waals surface area contributed by atoms with Gasteiger partial charge in [-0.05, 0) is 43.6 Å². The monoisotopic (exact) mass is 333 g/mol. The molecule has 24 heavy (non-hydrogen) atoms. The molecule has 0 saturated carbocycles. The summed E-state index contributed by atoms with van der Waals surface area (Å²) < 4.78 is 11.0. The molecule has 0 aromatic heterocycles. The number of hydrogen-bond acceptors (Lipinski definition) is 6. The molecule has 0 radical (unpaired) electrons. The number of hydrazone groups is 1. The number of fused-ring (bicyclic) bond motifs is 1. The van der Waals surface area contributed by atoms with E-state index in [4.69, 9.17) is 21.2 Å². The summed E-state index contributed by atoms with van der Waals surface area (Å²) in [5.41, 5.74) is 0.968. The summed E-state index contributed by atoms with van der Waals surface area (Å²) in [7, 11) is 5.20. The van der Waals surface area contributed by atoms with Crippen molar-refractivity contribution in [2.24, 2.45) is 16.8 Å². The highest BCUT2D eigenvalue weighted by Crippen LogP contribution is 2.36. The maximum atomic E-state index is 6.12. The Kier molecular flexibility index (Phi) is 6.22. The zero-order chi connectivity index (χ0) is 17.5. The van der Waals surface area contributed by atoms with E-state index in [1.807, 2.05) is 31.3 Å². The van der Waals surface area contributed by atoms with Gasteiger partial charge in [-0.2, -0.15) is 5.10 Å². The van der Waals surface area contributed by atoms with Crippen LogP contribution in [-0.4, -0.2) is 39.2 Å². The summed E-state index contributed by atoms with van der Waals surface area (Å²) in [5, 5.41) is 10.2. The van der Waals surface area contributed by atoms with Gasteiger partial charge in [0.2, 0.25) is 0 Å². The van der Waals surface area contributed by atoms with Crippen LogP contribution in [0.1, 0.15) is 19.5 Å². The molecule has 7 heteroatoms. The van der Waals surface area contributed by atoms with Crippen LogP contribution in [0.4, 0.5) is 0 Å². The van der Waals surface area contributed by atoms with Gasteiger partial charge in [0.05, 0.1) is 20.3 Å². The first-order valence-corrected chi connectivity index (χ1v) is 7.71. The second-order valence-electron chi connectivity index (χ2n) is 5.40. The molecule has 0 aliphatic carbocycles. The van der Waals surface area contributed by atoms with Crippen molar-refractivity contribution in [2.45, 2.75) is 12.5 Å². The Hall–Kier alpha value is -2.51. The molecule has 1 atom stereocenters. The van der Waals surface area contributed by atoms with Crippen molar-refractivity contribution in [3.8, 4) is 11.5 Å². The molecule has 0 spiro atoms. The zero-order valence-corrected chi connectivity index (χ0v) is 14.3. The van der Waals surface area contributed by atoms with Crippen molar-refractivity contribution < 1.29 is 10.9 Å². The van der Waals surface area contributed by atoms with Crippen molar-refractivity contribution >= 4 is 17.1 Å². The molecule has 0 heterocycles. The molecule has 7 nitrogen and oxygen atoms in total. The molecule has 0 bridgehead atoms. The number of nitrogens with two attached hydrogens (primary N) is 2. The first-order valence-electron chi connectivity index (χ1n) is 7.71. The lowest BCUT2D eigenvalue weighted by Crippen LogP contribution is -2.36. The molecule has 0 amide bonds. The second-order valence-corrected chi connectivity index (χ2v) is 5.40. The molecule has 132 valence electrons. The van der Waals surface area contributed by atoms with E-state index < -0.39 is 0 Å². The molecular weight excluding hydrogens is 306 g/mol. The second kappa shape index (κ2) is 8.37. The topological polar surface area (TPSA) is 98.1 Å². The largest absolute Gasteiger partial charge is 0.496 e. The Balaban J connectivity index is 0.00000312. The highest BCUT2D eigenvalue weighted by Gasteiger charge is 2.21. The van der Waals surface area contributed by atoms with E-state index in [-0.39, 0.29) is 7.47 Å². The van der Waals surface area contributed by atoms with E-state index in [1.54, 1.807) is 14.2 Å². The van der Waals surface area contributed by atoms with Crippen LogP contribution in [0.15, 0.2) is 35.4 Å². The minimum absolute atomic E-state index is 0. The first kappa shape index (κ1) is 17.8. The van der Waals surface area contributed by atoms with Gasteiger partial charge < -0.3 is 20.6 Å². The average molecular weight is 333 g/mol. The van der Waals surface area contributed by atoms with E-state index in [0.29, 0.717) is 0 Å². The molecule has 2 rings (SSSR count). The predicted octanol–water partition coefficient (Wildman–Crippen LogP) is 1.83. The molecule has 0 saturated heterocycles. The molecular formula is C17H27N5O2. The van der Waals surface area contributed by atoms with Crippen LogP contribution < -0.4 is 26.5 Å². The summed E-state index contributed by atoms with van der Waals surface area (Å²) in [5.74, 6) is 12.9. The van der Waals surface area contributed by atoms with Gasteiger partial charge in [0.15, 0.2) is 0 Å². The molecule has 0 aliphatic rings. The quantitative estimate of drug-likeness (QED) is 0.295. The minimum Gasteiger partial charge on any atom is -0.496 e. The number of methoxy groups -OCH3 is 2. The lowest BCUT2D eigenvalue weighted by Gasteiger charge is -2.27. The van der Waals surface area contributed by atoms with Crippen molar-refractivity contribution in [1.29, 1.82) is 0 Å². The van der Waals surface area contributed by atoms with Crippen molar-refractivity contribution in [3.05, 3.63) is 35.9 Å². The third-order valence-corrected chi connectivity index (χ3v) is 4.00. The SMILES string of the molecule is CNCCC(c1cc2cccc(OC)c2cc1OC)N(N)/C=N\N.[HH]. The fourth-order valence-corrected chi connectivity index (χ4v) is 2.81. The fourth-order valence-electron chi connectivity index (χ4n) is 2.81. The predicted molar refractivity (Wildman–Crippen MR) is 99.2 cm³/mol. The van der Waals surface area contributed by atoms with E-state index in [1.165, 1.54) is 11.3 Å². The van der Waals surface area contributed by atoms with Crippen LogP contribution in [0.25, 0.3) is 10.8 Å². The third kappa shape index (κ3) is 3.69. The number of hydrogen-bond donors (Lipinski definition) is 3. The zero-order valence-electron chi connectivity index (χ0n) is 14.3. The Bertz CT molecular complexity index is 711. The summed E-state index contributed by atoms with van der Waals surface area (Å²) in [6.45, 7) is 0.788. The smallest absolute Gasteiger partial charge is 0.126 e. The summed E-state index contributed by atoms with van der Waals surface area (Å²) >= 11 is 0. The van der Waals surface area contributed by atoms with Gasteiger partial charge in [0, 0.05) is 12.4 Å². The Morgan fingerprint density at radius 3 is 2.67 bits per heavy atom. The maximum absolute atomic E-state index is 6.12. The number of benzene rings is 2. The number of hydrazine groups is 1. The highest BCUT2D eigenvalue weighted by atomic mass is 16.5. The van der Waals surface area contributed by atoms with E-state index >= 15 is 0 Å². The van der Waals surface area contributed by atoms with E-state index in [2.05, 4.69) is 16.5 Å². The standard InChI is InChI=1S/C17H25N5O2.H2/c1-20-8-7-15(22(19)11-21-18)14-9-12-5-4-6-16(23-2)13(12)10-17(14)24-3;/h4-6,9-11,15,20H,7-8,18-19H2,1-3H3;1H/b21-11-;. The summed E-state index contributed by atoms with van der Waals surface area (Å²) in [6, 6.07) is 9.84. The Morgan fingerprint density at radius 2 is 2.04 bits per heavy atom. The summed E-state index contributed by atoms with van der Waals surface area (Å²) in [6.07, 6.45) is 2.18. The van der Waals surface area contributed by atoms with Crippen LogP contribution in [0.3, 0.4) is 0 Å². The van der Waals surface area contributed by atoms with Gasteiger partial charge in [-0.3, -0.25) is 5.01 Å². The van der Waals surface area contributed by atoms with Crippen LogP contribution >= 0.6 is 0 Å². The van der Waals surface area contributed by atoms with Crippen molar-refractivity contribution in [2.75, 3.05) is 27.8 Å². The third-order valence-electron chi connectivity index (χ3n) is 4.00. The lowest BCUT2D eigenvalue weighted by molar-refractivity contribution is 0.304. The number of rotatable bonds is 8. The highest BCUT2D eigenvalue weighted by molar-refractivity contribution is 5.90. The molecule has 2 aromatic rings. The molecule has 2 aromatic carbocycles. The fraction of sp³-hybridized carbons (Fsp3) is 0.353. The van der Waals surface area contributed by atoms with Crippen LogP contribution in [-0.2, 0) is 0 Å². The Labute approximate surface area is 143 Å². The first-order chi connectivity index (χ1) is 11.7. The van der Waals surface area contributed by atoms with Gasteiger partial charge in [0.25, 0.3) is 0 Å². The molecule has 0 fully saturated rings. The molecule has 0 aliphatic heterocycles. The van der Waals surface area contributed by atoms with Crippen molar-refractivity contribution in [3.63, 3.8) is 0 Å². The van der Waals surface area contributed by atoms with Crippen molar-refractivity contribution in [1.82, 2.24) is 10.3 Å². The minimum atomic E-state index is -0.129. The van der Waals surface area contributed by atoms with Crippen LogP contribution in [0.2, 0.25) is 0 Å². The normalized spacial score (nSPS) is 12.5. The van der Waals surface area contributed by atoms with Gasteiger partial charge in [-0.15, -0.1) is 0 Å². The van der Waals surface area contributed by atoms with E-state index in [9.17, 15) is 0 Å². The summed E-state index contributed by atoms with van der Waals surface area (Å²) in [4.78, 5) is 0.